The van der Waals surface area contributed by atoms with Gasteiger partial charge in [-0.2, -0.15) is 0 Å². The number of fused-ring (bicyclic) bond motifs is 1. The highest BCUT2D eigenvalue weighted by Crippen LogP contribution is 2.12. The molecule has 0 aliphatic carbocycles. The molecule has 2 aromatic heterocycles. The lowest BCUT2D eigenvalue weighted by atomic mass is 10.1. The molecule has 0 aliphatic heterocycles. The van der Waals surface area contributed by atoms with E-state index in [4.69, 9.17) is 0 Å². The summed E-state index contributed by atoms with van der Waals surface area (Å²) in [6.07, 6.45) is 1.97. The van der Waals surface area contributed by atoms with Gasteiger partial charge in [0, 0.05) is 17.3 Å². The van der Waals surface area contributed by atoms with Crippen LogP contribution in [-0.2, 0) is 0 Å². The van der Waals surface area contributed by atoms with Crippen molar-refractivity contribution in [3.8, 4) is 23.7 Å². The lowest BCUT2D eigenvalue weighted by molar-refractivity contribution is 1.16. The first-order chi connectivity index (χ1) is 12.8. The highest BCUT2D eigenvalue weighted by atomic mass is 15.0. The molecule has 0 atom stereocenters. The van der Waals surface area contributed by atoms with E-state index in [1.807, 2.05) is 71.3 Å². The predicted octanol–water partition coefficient (Wildman–Crippen LogP) is 4.44. The third-order valence-corrected chi connectivity index (χ3v) is 4.01. The molecule has 2 heterocycles. The van der Waals surface area contributed by atoms with Crippen LogP contribution in [0.3, 0.4) is 0 Å². The quantitative estimate of drug-likeness (QED) is 0.435. The molecule has 0 aliphatic rings. The standard InChI is InChI=1S/C24H16N2/c1-19-10-12-21(13-11-19)15-17-23-22(16-14-20-7-3-2-4-8-20)25-24-9-5-6-18-26(23)24/h2-13,18H,1H3. The minimum absolute atomic E-state index is 0.694. The Balaban J connectivity index is 1.80. The fourth-order valence-corrected chi connectivity index (χ4v) is 2.62. The molecule has 2 nitrogen and oxygen atoms in total. The number of aromatic nitrogens is 2. The number of hydrogen-bond donors (Lipinski definition) is 0. The van der Waals surface area contributed by atoms with Crippen LogP contribution in [0, 0.1) is 30.6 Å². The monoisotopic (exact) mass is 332 g/mol. The van der Waals surface area contributed by atoms with E-state index in [2.05, 4.69) is 47.7 Å². The van der Waals surface area contributed by atoms with Crippen molar-refractivity contribution in [3.63, 3.8) is 0 Å². The highest BCUT2D eigenvalue weighted by Gasteiger charge is 2.07. The van der Waals surface area contributed by atoms with Crippen LogP contribution in [0.15, 0.2) is 79.0 Å². The molecule has 0 saturated carbocycles. The maximum atomic E-state index is 4.64. The molecule has 4 aromatic rings. The third-order valence-electron chi connectivity index (χ3n) is 4.01. The number of aryl methyl sites for hydroxylation is 1. The van der Waals surface area contributed by atoms with Gasteiger partial charge in [0.15, 0.2) is 0 Å². The van der Waals surface area contributed by atoms with E-state index in [1.165, 1.54) is 5.56 Å². The lowest BCUT2D eigenvalue weighted by Crippen LogP contribution is -1.89. The van der Waals surface area contributed by atoms with E-state index in [0.717, 1.165) is 22.5 Å². The van der Waals surface area contributed by atoms with E-state index in [9.17, 15) is 0 Å². The summed E-state index contributed by atoms with van der Waals surface area (Å²) in [4.78, 5) is 4.64. The average molecular weight is 332 g/mol. The van der Waals surface area contributed by atoms with E-state index in [0.29, 0.717) is 5.69 Å². The zero-order chi connectivity index (χ0) is 17.8. The Bertz CT molecular complexity index is 1180. The largest absolute Gasteiger partial charge is 0.292 e. The number of nitrogens with zero attached hydrogens (tertiary/aromatic N) is 2. The molecule has 0 unspecified atom stereocenters. The zero-order valence-corrected chi connectivity index (χ0v) is 14.4. The number of hydrogen-bond acceptors (Lipinski definition) is 1. The van der Waals surface area contributed by atoms with Crippen molar-refractivity contribution >= 4 is 5.65 Å². The minimum Gasteiger partial charge on any atom is -0.292 e. The fourth-order valence-electron chi connectivity index (χ4n) is 2.62. The van der Waals surface area contributed by atoms with Crippen LogP contribution in [-0.4, -0.2) is 9.38 Å². The van der Waals surface area contributed by atoms with Crippen molar-refractivity contribution in [2.75, 3.05) is 0 Å². The molecule has 26 heavy (non-hydrogen) atoms. The molecular formula is C24H16N2. The normalized spacial score (nSPS) is 9.88. The first-order valence-corrected chi connectivity index (χ1v) is 8.42. The summed E-state index contributed by atoms with van der Waals surface area (Å²) in [5.41, 5.74) is 5.51. The molecule has 2 heteroatoms. The summed E-state index contributed by atoms with van der Waals surface area (Å²) in [6.45, 7) is 2.07. The molecule has 0 bridgehead atoms. The maximum absolute atomic E-state index is 4.64. The highest BCUT2D eigenvalue weighted by molar-refractivity contribution is 5.56. The van der Waals surface area contributed by atoms with Crippen molar-refractivity contribution < 1.29 is 0 Å². The van der Waals surface area contributed by atoms with Gasteiger partial charge in [0.1, 0.15) is 17.0 Å². The van der Waals surface area contributed by atoms with Crippen molar-refractivity contribution in [1.82, 2.24) is 9.38 Å². The van der Waals surface area contributed by atoms with Crippen LogP contribution in [0.5, 0.6) is 0 Å². The Labute approximate surface area is 153 Å². The van der Waals surface area contributed by atoms with Gasteiger partial charge in [-0.05, 0) is 55.2 Å². The molecule has 2 aromatic carbocycles. The van der Waals surface area contributed by atoms with Crippen LogP contribution >= 0.6 is 0 Å². The Morgan fingerprint density at radius 1 is 0.692 bits per heavy atom. The van der Waals surface area contributed by atoms with Gasteiger partial charge >= 0.3 is 0 Å². The number of imidazole rings is 1. The molecule has 0 fully saturated rings. The van der Waals surface area contributed by atoms with Gasteiger partial charge in [0.25, 0.3) is 0 Å². The summed E-state index contributed by atoms with van der Waals surface area (Å²) in [7, 11) is 0. The number of benzene rings is 2. The summed E-state index contributed by atoms with van der Waals surface area (Å²) in [5, 5.41) is 0. The van der Waals surface area contributed by atoms with E-state index in [-0.39, 0.29) is 0 Å². The van der Waals surface area contributed by atoms with Gasteiger partial charge < -0.3 is 0 Å². The Hall–Kier alpha value is -3.75. The summed E-state index contributed by atoms with van der Waals surface area (Å²) in [6, 6.07) is 24.0. The van der Waals surface area contributed by atoms with Crippen molar-refractivity contribution in [2.24, 2.45) is 0 Å². The first kappa shape index (κ1) is 15.8. The smallest absolute Gasteiger partial charge is 0.148 e. The molecule has 0 amide bonds. The Kier molecular flexibility index (Phi) is 4.25. The molecule has 0 radical (unpaired) electrons. The number of rotatable bonds is 0. The van der Waals surface area contributed by atoms with Crippen molar-refractivity contribution in [3.05, 3.63) is 107 Å². The first-order valence-electron chi connectivity index (χ1n) is 8.42. The second-order valence-electron chi connectivity index (χ2n) is 5.97. The fraction of sp³-hybridized carbons (Fsp3) is 0.0417. The topological polar surface area (TPSA) is 17.3 Å². The SMILES string of the molecule is Cc1ccc(C#Cc2c(C#Cc3ccccc3)nc3ccccn23)cc1. The molecule has 4 rings (SSSR count). The lowest BCUT2D eigenvalue weighted by Gasteiger charge is -1.94. The van der Waals surface area contributed by atoms with Crippen LogP contribution in [0.1, 0.15) is 28.1 Å². The van der Waals surface area contributed by atoms with E-state index in [1.54, 1.807) is 0 Å². The maximum Gasteiger partial charge on any atom is 0.148 e. The summed E-state index contributed by atoms with van der Waals surface area (Å²) >= 11 is 0. The second kappa shape index (κ2) is 7.01. The van der Waals surface area contributed by atoms with Gasteiger partial charge in [-0.15, -0.1) is 0 Å². The molecule has 0 N–H and O–H groups in total. The van der Waals surface area contributed by atoms with Crippen molar-refractivity contribution in [1.29, 1.82) is 0 Å². The molecular weight excluding hydrogens is 316 g/mol. The van der Waals surface area contributed by atoms with Gasteiger partial charge in [-0.1, -0.05) is 53.8 Å². The summed E-state index contributed by atoms with van der Waals surface area (Å²) in [5.74, 6) is 12.8. The van der Waals surface area contributed by atoms with Gasteiger partial charge in [0.2, 0.25) is 0 Å². The Morgan fingerprint density at radius 3 is 2.19 bits per heavy atom. The van der Waals surface area contributed by atoms with E-state index >= 15 is 0 Å². The average Bonchev–Trinajstić information content (AvgIpc) is 3.04. The van der Waals surface area contributed by atoms with Gasteiger partial charge in [-0.3, -0.25) is 4.40 Å². The summed E-state index contributed by atoms with van der Waals surface area (Å²) < 4.78 is 1.98. The Morgan fingerprint density at radius 2 is 1.38 bits per heavy atom. The van der Waals surface area contributed by atoms with Crippen LogP contribution in [0.2, 0.25) is 0 Å². The van der Waals surface area contributed by atoms with E-state index < -0.39 is 0 Å². The molecule has 122 valence electrons. The van der Waals surface area contributed by atoms with Crippen LogP contribution in [0.25, 0.3) is 5.65 Å². The van der Waals surface area contributed by atoms with Crippen LogP contribution in [0.4, 0.5) is 0 Å². The minimum atomic E-state index is 0.694. The zero-order valence-electron chi connectivity index (χ0n) is 14.4. The predicted molar refractivity (Wildman–Crippen MR) is 105 cm³/mol. The third kappa shape index (κ3) is 3.36. The molecule has 0 saturated heterocycles. The van der Waals surface area contributed by atoms with Crippen molar-refractivity contribution in [2.45, 2.75) is 6.92 Å². The molecule has 0 spiro atoms. The number of pyridine rings is 1. The van der Waals surface area contributed by atoms with Gasteiger partial charge in [0.05, 0.1) is 0 Å². The second-order valence-corrected chi connectivity index (χ2v) is 5.97. The van der Waals surface area contributed by atoms with Crippen LogP contribution < -0.4 is 0 Å². The van der Waals surface area contributed by atoms with Gasteiger partial charge in [-0.25, -0.2) is 4.98 Å².